The minimum absolute atomic E-state index is 0. The molecule has 27 heavy (non-hydrogen) atoms. The number of aliphatic hydroxyl groups is 1. The molecule has 0 amide bonds. The predicted octanol–water partition coefficient (Wildman–Crippen LogP) is 3.73. The van der Waals surface area contributed by atoms with Crippen LogP contribution in [0.3, 0.4) is 0 Å². The fourth-order valence-electron chi connectivity index (χ4n) is 2.48. The van der Waals surface area contributed by atoms with Crippen molar-refractivity contribution in [3.63, 3.8) is 0 Å². The third-order valence-corrected chi connectivity index (χ3v) is 4.94. The number of nitrogens with zero attached hydrogens (tertiary/aromatic N) is 1. The first-order valence-corrected chi connectivity index (χ1v) is 9.45. The van der Waals surface area contributed by atoms with Gasteiger partial charge in [-0.05, 0) is 43.0 Å². The standard InChI is InChI=1S/C19H27N3O3S.HI/c1-5-20-19(22-13(2)18-7-6-10-26-18)21-12-15(23)14-8-9-16(24-3)17(11-14)25-4;/h6-11,13,15,23H,5,12H2,1-4H3,(H2,20,21,22);1H. The molecule has 0 saturated heterocycles. The summed E-state index contributed by atoms with van der Waals surface area (Å²) in [6.45, 7) is 5.08. The fourth-order valence-corrected chi connectivity index (χ4v) is 3.21. The van der Waals surface area contributed by atoms with Gasteiger partial charge in [-0.15, -0.1) is 35.3 Å². The third-order valence-electron chi connectivity index (χ3n) is 3.88. The first-order valence-electron chi connectivity index (χ1n) is 8.57. The van der Waals surface area contributed by atoms with Gasteiger partial charge in [0.1, 0.15) is 0 Å². The van der Waals surface area contributed by atoms with Crippen molar-refractivity contribution in [2.45, 2.75) is 26.0 Å². The second kappa shape index (κ2) is 12.0. The van der Waals surface area contributed by atoms with Crippen LogP contribution in [0.25, 0.3) is 0 Å². The predicted molar refractivity (Wildman–Crippen MR) is 122 cm³/mol. The number of hydrogen-bond donors (Lipinski definition) is 3. The Morgan fingerprint density at radius 1 is 1.22 bits per heavy atom. The molecule has 2 unspecified atom stereocenters. The van der Waals surface area contributed by atoms with E-state index in [-0.39, 0.29) is 36.6 Å². The van der Waals surface area contributed by atoms with Gasteiger partial charge in [-0.3, -0.25) is 4.99 Å². The summed E-state index contributed by atoms with van der Waals surface area (Å²) in [7, 11) is 3.16. The molecule has 2 aromatic rings. The second-order valence-corrected chi connectivity index (χ2v) is 6.71. The molecule has 0 radical (unpaired) electrons. The van der Waals surface area contributed by atoms with Gasteiger partial charge in [0.05, 0.1) is 32.9 Å². The molecule has 0 saturated carbocycles. The van der Waals surface area contributed by atoms with Gasteiger partial charge in [-0.2, -0.15) is 0 Å². The van der Waals surface area contributed by atoms with E-state index in [0.717, 1.165) is 12.1 Å². The largest absolute Gasteiger partial charge is 0.493 e. The minimum Gasteiger partial charge on any atom is -0.493 e. The van der Waals surface area contributed by atoms with Crippen molar-refractivity contribution in [2.24, 2.45) is 4.99 Å². The molecule has 0 aliphatic carbocycles. The Labute approximate surface area is 182 Å². The van der Waals surface area contributed by atoms with Gasteiger partial charge in [0.25, 0.3) is 0 Å². The molecule has 1 heterocycles. The number of guanidine groups is 1. The number of halogens is 1. The number of aliphatic imine (C=N–C) groups is 1. The Bertz CT molecular complexity index is 710. The molecular weight excluding hydrogens is 477 g/mol. The summed E-state index contributed by atoms with van der Waals surface area (Å²) in [6.07, 6.45) is -0.734. The van der Waals surface area contributed by atoms with E-state index in [1.807, 2.05) is 19.1 Å². The Morgan fingerprint density at radius 2 is 1.96 bits per heavy atom. The molecule has 0 fully saturated rings. The molecule has 1 aromatic heterocycles. The molecule has 1 aromatic carbocycles. The Kier molecular flexibility index (Phi) is 10.5. The zero-order chi connectivity index (χ0) is 18.9. The van der Waals surface area contributed by atoms with E-state index >= 15 is 0 Å². The lowest BCUT2D eigenvalue weighted by atomic mass is 10.1. The highest BCUT2D eigenvalue weighted by Gasteiger charge is 2.13. The molecule has 2 atom stereocenters. The molecule has 8 heteroatoms. The van der Waals surface area contributed by atoms with Crippen LogP contribution in [0, 0.1) is 0 Å². The zero-order valence-electron chi connectivity index (χ0n) is 16.1. The topological polar surface area (TPSA) is 75.1 Å². The summed E-state index contributed by atoms with van der Waals surface area (Å²) in [4.78, 5) is 5.75. The van der Waals surface area contributed by atoms with Crippen LogP contribution in [-0.4, -0.2) is 38.4 Å². The fraction of sp³-hybridized carbons (Fsp3) is 0.421. The molecule has 0 spiro atoms. The SMILES string of the molecule is CCNC(=NCC(O)c1ccc(OC)c(OC)c1)NC(C)c1cccs1.I. The Morgan fingerprint density at radius 3 is 2.56 bits per heavy atom. The molecule has 6 nitrogen and oxygen atoms in total. The number of methoxy groups -OCH3 is 2. The van der Waals surface area contributed by atoms with Crippen molar-refractivity contribution in [1.29, 1.82) is 0 Å². The number of thiophene rings is 1. The number of nitrogens with one attached hydrogen (secondary N) is 2. The maximum absolute atomic E-state index is 10.5. The summed E-state index contributed by atoms with van der Waals surface area (Å²) < 4.78 is 10.5. The number of hydrogen-bond acceptors (Lipinski definition) is 5. The van der Waals surface area contributed by atoms with E-state index in [2.05, 4.69) is 34.0 Å². The lowest BCUT2D eigenvalue weighted by molar-refractivity contribution is 0.186. The second-order valence-electron chi connectivity index (χ2n) is 5.73. The van der Waals surface area contributed by atoms with Crippen molar-refractivity contribution in [2.75, 3.05) is 27.3 Å². The highest BCUT2D eigenvalue weighted by Crippen LogP contribution is 2.30. The molecule has 150 valence electrons. The summed E-state index contributed by atoms with van der Waals surface area (Å²) >= 11 is 1.70. The van der Waals surface area contributed by atoms with E-state index in [0.29, 0.717) is 17.5 Å². The lowest BCUT2D eigenvalue weighted by Gasteiger charge is -2.18. The van der Waals surface area contributed by atoms with Crippen LogP contribution in [0.4, 0.5) is 0 Å². The van der Waals surface area contributed by atoms with E-state index < -0.39 is 6.10 Å². The van der Waals surface area contributed by atoms with Gasteiger partial charge in [-0.1, -0.05) is 12.1 Å². The van der Waals surface area contributed by atoms with E-state index in [1.54, 1.807) is 37.7 Å². The minimum atomic E-state index is -0.734. The van der Waals surface area contributed by atoms with Gasteiger partial charge in [0.2, 0.25) is 0 Å². The Hall–Kier alpha value is -1.52. The summed E-state index contributed by atoms with van der Waals surface area (Å²) in [5, 5.41) is 19.1. The molecule has 2 rings (SSSR count). The van der Waals surface area contributed by atoms with Crippen molar-refractivity contribution < 1.29 is 14.6 Å². The smallest absolute Gasteiger partial charge is 0.191 e. The lowest BCUT2D eigenvalue weighted by Crippen LogP contribution is -2.38. The third kappa shape index (κ3) is 6.86. The number of ether oxygens (including phenoxy) is 2. The van der Waals surface area contributed by atoms with Crippen molar-refractivity contribution in [3.05, 3.63) is 46.2 Å². The van der Waals surface area contributed by atoms with Crippen molar-refractivity contribution in [1.82, 2.24) is 10.6 Å². The van der Waals surface area contributed by atoms with Gasteiger partial charge in [-0.25, -0.2) is 0 Å². The van der Waals surface area contributed by atoms with Crippen molar-refractivity contribution >= 4 is 41.3 Å². The molecule has 0 aliphatic rings. The zero-order valence-corrected chi connectivity index (χ0v) is 19.2. The number of benzene rings is 1. The van der Waals surface area contributed by atoms with E-state index in [1.165, 1.54) is 4.88 Å². The average Bonchev–Trinajstić information content (AvgIpc) is 3.20. The van der Waals surface area contributed by atoms with Crippen LogP contribution in [0.2, 0.25) is 0 Å². The number of rotatable bonds is 8. The van der Waals surface area contributed by atoms with Crippen LogP contribution < -0.4 is 20.1 Å². The highest BCUT2D eigenvalue weighted by molar-refractivity contribution is 14.0. The van der Waals surface area contributed by atoms with Crippen LogP contribution in [0.15, 0.2) is 40.7 Å². The van der Waals surface area contributed by atoms with Crippen LogP contribution >= 0.6 is 35.3 Å². The van der Waals surface area contributed by atoms with E-state index in [4.69, 9.17) is 9.47 Å². The summed E-state index contributed by atoms with van der Waals surface area (Å²) in [6, 6.07) is 9.63. The quantitative estimate of drug-likeness (QED) is 0.290. The summed E-state index contributed by atoms with van der Waals surface area (Å²) in [5.41, 5.74) is 0.730. The summed E-state index contributed by atoms with van der Waals surface area (Å²) in [5.74, 6) is 1.89. The molecule has 0 aliphatic heterocycles. The van der Waals surface area contributed by atoms with E-state index in [9.17, 15) is 5.11 Å². The van der Waals surface area contributed by atoms with Crippen LogP contribution in [0.5, 0.6) is 11.5 Å². The van der Waals surface area contributed by atoms with Gasteiger partial charge in [0, 0.05) is 11.4 Å². The van der Waals surface area contributed by atoms with Crippen LogP contribution in [0.1, 0.15) is 36.4 Å². The number of aliphatic hydroxyl groups excluding tert-OH is 1. The molecule has 3 N–H and O–H groups in total. The maximum Gasteiger partial charge on any atom is 0.191 e. The van der Waals surface area contributed by atoms with Crippen LogP contribution in [-0.2, 0) is 0 Å². The maximum atomic E-state index is 10.5. The van der Waals surface area contributed by atoms with Gasteiger partial charge in [0.15, 0.2) is 17.5 Å². The first-order chi connectivity index (χ1) is 12.6. The Balaban J connectivity index is 0.00000364. The van der Waals surface area contributed by atoms with Gasteiger partial charge < -0.3 is 25.2 Å². The van der Waals surface area contributed by atoms with Gasteiger partial charge >= 0.3 is 0 Å². The highest BCUT2D eigenvalue weighted by atomic mass is 127. The molecule has 0 bridgehead atoms. The van der Waals surface area contributed by atoms with Crippen molar-refractivity contribution in [3.8, 4) is 11.5 Å². The monoisotopic (exact) mass is 505 g/mol. The normalized spacial score (nSPS) is 13.3. The average molecular weight is 505 g/mol. The molecular formula is C19H28IN3O3S. The first kappa shape index (κ1) is 23.5.